The van der Waals surface area contributed by atoms with E-state index >= 15 is 0 Å². The second kappa shape index (κ2) is 20.5. The summed E-state index contributed by atoms with van der Waals surface area (Å²) in [6.07, 6.45) is 0.615. The summed E-state index contributed by atoms with van der Waals surface area (Å²) in [5, 5.41) is 5.95. The van der Waals surface area contributed by atoms with Gasteiger partial charge >= 0.3 is 14.0 Å². The quantitative estimate of drug-likeness (QED) is 0.0494. The minimum absolute atomic E-state index is 0.0989. The molecule has 4 aliphatic heterocycles. The van der Waals surface area contributed by atoms with Crippen molar-refractivity contribution in [1.29, 1.82) is 0 Å². The maximum absolute atomic E-state index is 14.5. The normalized spacial score (nSPS) is 21.9. The van der Waals surface area contributed by atoms with Gasteiger partial charge in [-0.05, 0) is 86.8 Å². The Bertz CT molecular complexity index is 2810. The molecule has 3 amide bonds. The van der Waals surface area contributed by atoms with Crippen LogP contribution in [0.25, 0.3) is 0 Å². The molecule has 2 radical (unpaired) electrons. The Morgan fingerprint density at radius 2 is 1.64 bits per heavy atom. The molecule has 0 aliphatic carbocycles. The minimum Gasteiger partial charge on any atom is -0.539 e. The van der Waals surface area contributed by atoms with Crippen molar-refractivity contribution in [1.82, 2.24) is 24.5 Å². The number of piperazine rings is 1. The molecule has 5 heterocycles. The van der Waals surface area contributed by atoms with Gasteiger partial charge in [-0.25, -0.2) is 9.78 Å². The van der Waals surface area contributed by atoms with E-state index in [0.29, 0.717) is 64.9 Å². The zero-order valence-electron chi connectivity index (χ0n) is 39.2. The summed E-state index contributed by atoms with van der Waals surface area (Å²) < 4.78 is 46.5. The highest BCUT2D eigenvalue weighted by Crippen LogP contribution is 2.42. The summed E-state index contributed by atoms with van der Waals surface area (Å²) in [5.74, 6) is -1.57. The Morgan fingerprint density at radius 1 is 0.986 bits per heavy atom. The van der Waals surface area contributed by atoms with Crippen molar-refractivity contribution in [2.45, 2.75) is 70.4 Å². The van der Waals surface area contributed by atoms with Gasteiger partial charge < -0.3 is 43.1 Å². The number of fused-ring (bicyclic) bond motifs is 3. The van der Waals surface area contributed by atoms with Gasteiger partial charge in [0, 0.05) is 12.0 Å². The third-order valence-electron chi connectivity index (χ3n) is 12.9. The van der Waals surface area contributed by atoms with Crippen LogP contribution in [0.5, 0.6) is 23.0 Å². The number of hydrogen-bond donors (Lipinski definition) is 1. The number of rotatable bonds is 18. The number of oxime groups is 1. The van der Waals surface area contributed by atoms with Crippen molar-refractivity contribution in [3.63, 3.8) is 0 Å². The molecule has 1 aromatic heterocycles. The standard InChI is InChI=1S/C47H49BClN7O12S2/c1-26(57)47(3,4)68-52-37(41-50-27(2)69-53-41)42(58)51-38-44(60)55-39(46(61)67-48)30(25-70(62)45(38)55)21-56-19-17-31(22-56)54(18-20-56)43(59)34-15-16-35(65-23-28-7-11-32(63-5)12-8-28)40(36(34)49)66-24-29-9-13-33(64-6)14-10-29/h7-16,31,38,45H,17-25H2,1-6H3/p+1/b52-37-/t31-,38+,45+,56-,70?/m0/s1. The minimum atomic E-state index is -1.81. The highest BCUT2D eigenvalue weighted by molar-refractivity contribution is 7.86. The molecule has 23 heteroatoms. The SMILES string of the molecule is [B]OC(=O)C1=C(C[N@@+]23CC[C@@H](C2)N(C(=O)c2ccc(OCc4ccc(OC)cc4)c(OCc4ccc(OC)cc4)c2Cl)CC3)CS(=O)[C@@H]2[C@H](NC(=O)/C(=N\OC(C)(C)C(C)=O)c3nsc(C)n3)C(=O)N12. The Morgan fingerprint density at radius 3 is 2.24 bits per heavy atom. The first-order chi connectivity index (χ1) is 33.5. The number of hydrogen-bond acceptors (Lipinski definition) is 16. The molecular weight excluding hydrogens is 965 g/mol. The number of ether oxygens (including phenoxy) is 4. The van der Waals surface area contributed by atoms with Gasteiger partial charge in [-0.3, -0.25) is 28.3 Å². The molecule has 0 saturated carbocycles. The number of β-lactam (4-membered cyclic amide) rings is 1. The molecule has 3 fully saturated rings. The average Bonchev–Trinajstić information content (AvgIpc) is 3.93. The van der Waals surface area contributed by atoms with Crippen molar-refractivity contribution in [3.8, 4) is 23.0 Å². The predicted octanol–water partition coefficient (Wildman–Crippen LogP) is 3.80. The highest BCUT2D eigenvalue weighted by atomic mass is 35.5. The lowest BCUT2D eigenvalue weighted by Crippen LogP contribution is -2.74. The molecule has 19 nitrogen and oxygen atoms in total. The van der Waals surface area contributed by atoms with Crippen LogP contribution in [0.3, 0.4) is 0 Å². The Balaban J connectivity index is 0.984. The number of amides is 3. The number of aromatic nitrogens is 2. The summed E-state index contributed by atoms with van der Waals surface area (Å²) in [6, 6.07) is 16.6. The number of benzene rings is 3. The Kier molecular flexibility index (Phi) is 14.7. The molecule has 8 rings (SSSR count). The van der Waals surface area contributed by atoms with Crippen LogP contribution in [-0.2, 0) is 52.7 Å². The van der Waals surface area contributed by atoms with Gasteiger partial charge in [0.2, 0.25) is 11.5 Å². The Hall–Kier alpha value is -6.36. The van der Waals surface area contributed by atoms with E-state index in [0.717, 1.165) is 27.6 Å². The third kappa shape index (κ3) is 10.1. The molecule has 2 bridgehead atoms. The largest absolute Gasteiger partial charge is 0.539 e. The molecule has 4 aromatic rings. The van der Waals surface area contributed by atoms with E-state index in [1.807, 2.05) is 48.5 Å². The van der Waals surface area contributed by atoms with Crippen molar-refractivity contribution in [2.24, 2.45) is 5.16 Å². The lowest BCUT2D eigenvalue weighted by molar-refractivity contribution is -0.916. The first-order valence-corrected chi connectivity index (χ1v) is 24.7. The molecule has 0 spiro atoms. The van der Waals surface area contributed by atoms with E-state index in [2.05, 4.69) is 24.5 Å². The zero-order valence-corrected chi connectivity index (χ0v) is 41.6. The van der Waals surface area contributed by atoms with E-state index in [1.54, 1.807) is 38.2 Å². The van der Waals surface area contributed by atoms with E-state index < -0.39 is 51.3 Å². The number of halogens is 1. The lowest BCUT2D eigenvalue weighted by Gasteiger charge is -2.50. The van der Waals surface area contributed by atoms with Gasteiger partial charge in [0.1, 0.15) is 53.4 Å². The third-order valence-corrected chi connectivity index (χ3v) is 15.6. The number of Topliss-reactive ketones (excluding diaryl/α,β-unsaturated/α-hetero) is 1. The molecule has 3 aromatic carbocycles. The van der Waals surface area contributed by atoms with Crippen LogP contribution in [0, 0.1) is 6.92 Å². The number of nitrogens with zero attached hydrogens (tertiary/aromatic N) is 6. The van der Waals surface area contributed by atoms with Gasteiger partial charge in [0.05, 0.1) is 73.6 Å². The molecule has 1 unspecified atom stereocenters. The lowest BCUT2D eigenvalue weighted by atomic mass is 10.0. The molecule has 366 valence electrons. The van der Waals surface area contributed by atoms with Crippen LogP contribution in [-0.4, -0.2) is 147 Å². The first kappa shape index (κ1) is 50.0. The number of carbonyl (C=O) groups excluding carboxylic acids is 5. The van der Waals surface area contributed by atoms with E-state index in [4.69, 9.17) is 43.4 Å². The second-order valence-corrected chi connectivity index (χ2v) is 20.6. The topological polar surface area (TPSA) is 214 Å². The smallest absolute Gasteiger partial charge is 0.378 e. The first-order valence-electron chi connectivity index (χ1n) is 22.2. The summed E-state index contributed by atoms with van der Waals surface area (Å²) in [6.45, 7) is 8.37. The molecule has 3 saturated heterocycles. The number of ketones is 1. The predicted molar refractivity (Wildman–Crippen MR) is 257 cm³/mol. The second-order valence-electron chi connectivity index (χ2n) is 17.8. The summed E-state index contributed by atoms with van der Waals surface area (Å²) in [4.78, 5) is 80.2. The number of carbonyl (C=O) groups is 5. The maximum atomic E-state index is 14.5. The van der Waals surface area contributed by atoms with E-state index in [-0.39, 0.29) is 71.1 Å². The van der Waals surface area contributed by atoms with Crippen molar-refractivity contribution in [2.75, 3.05) is 52.7 Å². The summed E-state index contributed by atoms with van der Waals surface area (Å²) in [7, 11) is 6.79. The van der Waals surface area contributed by atoms with Gasteiger partial charge in [-0.1, -0.05) is 41.0 Å². The fraction of sp³-hybridized carbons (Fsp3) is 0.404. The molecule has 1 N–H and O–H groups in total. The van der Waals surface area contributed by atoms with E-state index in [9.17, 15) is 28.2 Å². The maximum Gasteiger partial charge on any atom is 0.378 e. The van der Waals surface area contributed by atoms with Crippen LogP contribution in [0.2, 0.25) is 5.02 Å². The van der Waals surface area contributed by atoms with Crippen molar-refractivity contribution in [3.05, 3.63) is 104 Å². The molecule has 5 atom stereocenters. The molecular formula is C47H50BClN7O12S2+. The van der Waals surface area contributed by atoms with Gasteiger partial charge in [0.15, 0.2) is 22.9 Å². The van der Waals surface area contributed by atoms with Crippen LogP contribution in [0.1, 0.15) is 59.5 Å². The monoisotopic (exact) mass is 1010 g/mol. The summed E-state index contributed by atoms with van der Waals surface area (Å²) in [5.41, 5.74) is 0.400. The summed E-state index contributed by atoms with van der Waals surface area (Å²) >= 11 is 8.09. The fourth-order valence-electron chi connectivity index (χ4n) is 8.81. The average molecular weight is 1020 g/mol. The van der Waals surface area contributed by atoms with Crippen LogP contribution in [0.4, 0.5) is 0 Å². The van der Waals surface area contributed by atoms with Gasteiger partial charge in [-0.2, -0.15) is 4.37 Å². The van der Waals surface area contributed by atoms with Crippen molar-refractivity contribution < 1.29 is 61.1 Å². The Labute approximate surface area is 416 Å². The van der Waals surface area contributed by atoms with Crippen LogP contribution < -0.4 is 24.3 Å². The highest BCUT2D eigenvalue weighted by Gasteiger charge is 2.59. The van der Waals surface area contributed by atoms with Gasteiger partial charge in [0.25, 0.3) is 17.7 Å². The number of nitrogens with one attached hydrogen (secondary N) is 1. The van der Waals surface area contributed by atoms with E-state index in [1.165, 1.54) is 20.8 Å². The number of quaternary nitrogens is 1. The number of aryl methyl sites for hydroxylation is 1. The zero-order chi connectivity index (χ0) is 50.1. The fourth-order valence-corrected chi connectivity index (χ4v) is 11.2. The van der Waals surface area contributed by atoms with Gasteiger partial charge in [-0.15, -0.1) is 0 Å². The molecule has 4 aliphatic rings. The van der Waals surface area contributed by atoms with Crippen molar-refractivity contribution >= 4 is 77.2 Å². The van der Waals surface area contributed by atoms with Crippen LogP contribution in [0.15, 0.2) is 77.1 Å². The number of methoxy groups -OCH3 is 2. The molecule has 70 heavy (non-hydrogen) atoms. The van der Waals surface area contributed by atoms with Crippen LogP contribution >= 0.6 is 23.1 Å².